The van der Waals surface area contributed by atoms with Crippen molar-refractivity contribution in [3.05, 3.63) is 96.0 Å². The summed E-state index contributed by atoms with van der Waals surface area (Å²) in [5.74, 6) is 1.27. The minimum absolute atomic E-state index is 0.00918. The van der Waals surface area contributed by atoms with E-state index in [9.17, 15) is 14.4 Å². The average molecular weight is 628 g/mol. The summed E-state index contributed by atoms with van der Waals surface area (Å²) in [6.07, 6.45) is 7.82. The summed E-state index contributed by atoms with van der Waals surface area (Å²) in [6.45, 7) is 7.53. The van der Waals surface area contributed by atoms with Crippen molar-refractivity contribution >= 4 is 41.1 Å². The summed E-state index contributed by atoms with van der Waals surface area (Å²) in [5, 5.41) is 3.39. The number of hydrogen-bond acceptors (Lipinski definition) is 5. The van der Waals surface area contributed by atoms with E-state index in [0.29, 0.717) is 31.2 Å². The van der Waals surface area contributed by atoms with E-state index in [1.165, 1.54) is 13.0 Å². The molecule has 2 heterocycles. The fourth-order valence-corrected chi connectivity index (χ4v) is 5.75. The predicted octanol–water partition coefficient (Wildman–Crippen LogP) is 6.60. The number of carbonyl (C=O) groups is 3. The van der Waals surface area contributed by atoms with Crippen LogP contribution in [0.3, 0.4) is 0 Å². The van der Waals surface area contributed by atoms with Crippen molar-refractivity contribution in [1.29, 1.82) is 0 Å². The lowest BCUT2D eigenvalue weighted by Crippen LogP contribution is -2.41. The van der Waals surface area contributed by atoms with Crippen molar-refractivity contribution in [2.24, 2.45) is 0 Å². The molecule has 3 amide bonds. The van der Waals surface area contributed by atoms with Gasteiger partial charge in [0.2, 0.25) is 17.7 Å². The minimum Gasteiger partial charge on any atom is -0.490 e. The maximum Gasteiger partial charge on any atom is 0.246 e. The molecule has 0 aliphatic carbocycles. The van der Waals surface area contributed by atoms with Gasteiger partial charge in [-0.25, -0.2) is 0 Å². The van der Waals surface area contributed by atoms with Gasteiger partial charge < -0.3 is 24.6 Å². The zero-order valence-corrected chi connectivity index (χ0v) is 26.2. The minimum atomic E-state index is -0.117. The van der Waals surface area contributed by atoms with Gasteiger partial charge in [0.15, 0.2) is 0 Å². The van der Waals surface area contributed by atoms with E-state index in [0.717, 1.165) is 59.6 Å². The average Bonchev–Trinajstić information content (AvgIpc) is 3.05. The molecular formula is C36H38ClN3O5. The number of anilines is 1. The highest BCUT2D eigenvalue weighted by atomic mass is 35.5. The molecule has 5 rings (SSSR count). The lowest BCUT2D eigenvalue weighted by atomic mass is 9.98. The number of hydrogen-bond donors (Lipinski definition) is 1. The highest BCUT2D eigenvalue weighted by molar-refractivity contribution is 6.30. The second-order valence-electron chi connectivity index (χ2n) is 11.3. The molecule has 0 unspecified atom stereocenters. The lowest BCUT2D eigenvalue weighted by molar-refractivity contribution is -0.128. The van der Waals surface area contributed by atoms with Crippen molar-refractivity contribution in [1.82, 2.24) is 9.80 Å². The molecule has 2 fully saturated rings. The second kappa shape index (κ2) is 14.9. The maximum absolute atomic E-state index is 13.2. The first-order chi connectivity index (χ1) is 21.8. The second-order valence-corrected chi connectivity index (χ2v) is 11.7. The Balaban J connectivity index is 1.20. The Morgan fingerprint density at radius 2 is 1.36 bits per heavy atom. The van der Waals surface area contributed by atoms with E-state index in [1.54, 1.807) is 11.0 Å². The van der Waals surface area contributed by atoms with Gasteiger partial charge in [-0.15, -0.1) is 0 Å². The van der Waals surface area contributed by atoms with Crippen LogP contribution in [0.4, 0.5) is 5.69 Å². The standard InChI is InChI=1S/C36H38ClN3O5/c1-3-35(42)39-20-16-32(17-21-39)45-33-12-6-27(34(24-33)26-4-8-28(37)9-5-26)7-15-36(43)40-22-18-31(19-23-40)44-30-13-10-29(11-14-30)38-25(2)41/h3-15,24,31-32H,1,16-23H2,2H3,(H,38,41)/b15-7+. The third-order valence-corrected chi connectivity index (χ3v) is 8.30. The first-order valence-electron chi connectivity index (χ1n) is 15.3. The molecule has 0 spiro atoms. The van der Waals surface area contributed by atoms with Crippen LogP contribution in [-0.4, -0.2) is 65.9 Å². The summed E-state index contributed by atoms with van der Waals surface area (Å²) in [4.78, 5) is 40.0. The molecule has 0 atom stereocenters. The number of benzene rings is 3. The Bertz CT molecular complexity index is 1540. The number of carbonyl (C=O) groups excluding carboxylic acids is 3. The van der Waals surface area contributed by atoms with Gasteiger partial charge >= 0.3 is 0 Å². The molecule has 0 saturated carbocycles. The normalized spacial score (nSPS) is 16.0. The highest BCUT2D eigenvalue weighted by Crippen LogP contribution is 2.32. The van der Waals surface area contributed by atoms with E-state index in [2.05, 4.69) is 11.9 Å². The first-order valence-corrected chi connectivity index (χ1v) is 15.6. The summed E-state index contributed by atoms with van der Waals surface area (Å²) in [5.41, 5.74) is 3.52. The molecule has 2 aliphatic heterocycles. The monoisotopic (exact) mass is 627 g/mol. The van der Waals surface area contributed by atoms with Gasteiger partial charge in [0.25, 0.3) is 0 Å². The van der Waals surface area contributed by atoms with Gasteiger partial charge in [-0.2, -0.15) is 0 Å². The molecular weight excluding hydrogens is 590 g/mol. The Morgan fingerprint density at radius 3 is 1.93 bits per heavy atom. The van der Waals surface area contributed by atoms with Crippen LogP contribution in [-0.2, 0) is 14.4 Å². The number of nitrogens with zero attached hydrogens (tertiary/aromatic N) is 2. The van der Waals surface area contributed by atoms with Crippen molar-refractivity contribution in [3.8, 4) is 22.6 Å². The molecule has 3 aromatic carbocycles. The smallest absolute Gasteiger partial charge is 0.246 e. The van der Waals surface area contributed by atoms with Crippen LogP contribution in [0.25, 0.3) is 17.2 Å². The number of halogens is 1. The molecule has 9 heteroatoms. The molecule has 45 heavy (non-hydrogen) atoms. The maximum atomic E-state index is 13.2. The van der Waals surface area contributed by atoms with Crippen LogP contribution in [0, 0.1) is 0 Å². The number of likely N-dealkylation sites (tertiary alicyclic amines) is 2. The van der Waals surface area contributed by atoms with E-state index >= 15 is 0 Å². The number of piperidine rings is 2. The molecule has 0 radical (unpaired) electrons. The van der Waals surface area contributed by atoms with E-state index < -0.39 is 0 Å². The van der Waals surface area contributed by atoms with E-state index in [4.69, 9.17) is 21.1 Å². The van der Waals surface area contributed by atoms with Crippen molar-refractivity contribution in [2.45, 2.75) is 44.8 Å². The summed E-state index contributed by atoms with van der Waals surface area (Å²) in [7, 11) is 0. The quantitative estimate of drug-likeness (QED) is 0.270. The Labute approximate surface area is 269 Å². The highest BCUT2D eigenvalue weighted by Gasteiger charge is 2.24. The van der Waals surface area contributed by atoms with Crippen molar-refractivity contribution < 1.29 is 23.9 Å². The predicted molar refractivity (Wildman–Crippen MR) is 177 cm³/mol. The molecule has 234 valence electrons. The number of rotatable bonds is 9. The first kappa shape index (κ1) is 31.9. The van der Waals surface area contributed by atoms with Gasteiger partial charge in [0.1, 0.15) is 23.7 Å². The molecule has 8 nitrogen and oxygen atoms in total. The molecule has 3 aromatic rings. The Kier molecular flexibility index (Phi) is 10.6. The third-order valence-electron chi connectivity index (χ3n) is 8.05. The SMILES string of the molecule is C=CC(=O)N1CCC(Oc2ccc(/C=C/C(=O)N3CCC(Oc4ccc(NC(C)=O)cc4)CC3)c(-c3ccc(Cl)cc3)c2)CC1. The fourth-order valence-electron chi connectivity index (χ4n) is 5.62. The van der Waals surface area contributed by atoms with Gasteiger partial charge in [-0.3, -0.25) is 14.4 Å². The largest absolute Gasteiger partial charge is 0.490 e. The van der Waals surface area contributed by atoms with Crippen LogP contribution >= 0.6 is 11.6 Å². The molecule has 2 saturated heterocycles. The number of ether oxygens (including phenoxy) is 2. The summed E-state index contributed by atoms with van der Waals surface area (Å²) >= 11 is 6.16. The summed E-state index contributed by atoms with van der Waals surface area (Å²) < 4.78 is 12.5. The molecule has 1 N–H and O–H groups in total. The third kappa shape index (κ3) is 8.76. The topological polar surface area (TPSA) is 88.2 Å². The Morgan fingerprint density at radius 1 is 0.800 bits per heavy atom. The van der Waals surface area contributed by atoms with Gasteiger partial charge in [-0.05, 0) is 77.4 Å². The zero-order valence-electron chi connectivity index (χ0n) is 25.4. The number of amides is 3. The Hall–Kier alpha value is -4.56. The molecule has 2 aliphatic rings. The van der Waals surface area contributed by atoms with E-state index in [-0.39, 0.29) is 29.9 Å². The van der Waals surface area contributed by atoms with Crippen molar-refractivity contribution in [2.75, 3.05) is 31.5 Å². The van der Waals surface area contributed by atoms with Crippen LogP contribution in [0.2, 0.25) is 5.02 Å². The van der Waals surface area contributed by atoms with Crippen LogP contribution in [0.1, 0.15) is 38.2 Å². The van der Waals surface area contributed by atoms with Gasteiger partial charge in [0.05, 0.1) is 0 Å². The molecule has 0 aromatic heterocycles. The molecule has 0 bridgehead atoms. The summed E-state index contributed by atoms with van der Waals surface area (Å²) in [6, 6.07) is 20.8. The van der Waals surface area contributed by atoms with Crippen LogP contribution in [0.15, 0.2) is 85.5 Å². The van der Waals surface area contributed by atoms with Crippen molar-refractivity contribution in [3.63, 3.8) is 0 Å². The zero-order chi connectivity index (χ0) is 31.8. The van der Waals surface area contributed by atoms with Gasteiger partial charge in [-0.1, -0.05) is 36.4 Å². The van der Waals surface area contributed by atoms with Crippen LogP contribution < -0.4 is 14.8 Å². The fraction of sp³-hybridized carbons (Fsp3) is 0.306. The van der Waals surface area contributed by atoms with Crippen LogP contribution in [0.5, 0.6) is 11.5 Å². The lowest BCUT2D eigenvalue weighted by Gasteiger charge is -2.31. The van der Waals surface area contributed by atoms with Gasteiger partial charge in [0, 0.05) is 75.6 Å². The number of nitrogens with one attached hydrogen (secondary N) is 1. The van der Waals surface area contributed by atoms with E-state index in [1.807, 2.05) is 77.7 Å².